The lowest BCUT2D eigenvalue weighted by molar-refractivity contribution is 0.0910. The molecule has 0 unspecified atom stereocenters. The molecule has 0 aliphatic heterocycles. The van der Waals surface area contributed by atoms with E-state index in [4.69, 9.17) is 0 Å². The first-order valence-corrected chi connectivity index (χ1v) is 8.15. The highest BCUT2D eigenvalue weighted by Gasteiger charge is 2.19. The van der Waals surface area contributed by atoms with Crippen molar-refractivity contribution in [2.75, 3.05) is 13.1 Å². The van der Waals surface area contributed by atoms with Crippen molar-refractivity contribution in [3.8, 4) is 0 Å². The highest BCUT2D eigenvalue weighted by molar-refractivity contribution is 6.07. The first kappa shape index (κ1) is 19.2. The Balaban J connectivity index is 2.76. The van der Waals surface area contributed by atoms with Crippen LogP contribution in [0.5, 0.6) is 0 Å². The molecule has 0 atom stereocenters. The molecule has 0 aliphatic carbocycles. The summed E-state index contributed by atoms with van der Waals surface area (Å²) in [6, 6.07) is 6.94. The zero-order chi connectivity index (χ0) is 17.7. The summed E-state index contributed by atoms with van der Waals surface area (Å²) >= 11 is 0. The molecular weight excluding hydrogens is 288 g/mol. The van der Waals surface area contributed by atoms with Gasteiger partial charge in [-0.25, -0.2) is 0 Å². The number of hydrogen-bond donors (Lipinski definition) is 2. The van der Waals surface area contributed by atoms with Gasteiger partial charge in [0.05, 0.1) is 11.1 Å². The van der Waals surface area contributed by atoms with Gasteiger partial charge in [0, 0.05) is 13.1 Å². The van der Waals surface area contributed by atoms with Gasteiger partial charge in [0.1, 0.15) is 0 Å². The standard InChI is InChI=1S/C19H30N2O2/c1-18(2,3)11-12-20-16(22)14-9-7-8-10-15(14)17(23)21-13-19(4,5)6/h7-10H,11-13H2,1-6H3,(H,20,22)(H,21,23). The zero-order valence-electron chi connectivity index (χ0n) is 15.2. The fraction of sp³-hybridized carbons (Fsp3) is 0.579. The summed E-state index contributed by atoms with van der Waals surface area (Å²) in [4.78, 5) is 24.7. The Morgan fingerprint density at radius 3 is 1.74 bits per heavy atom. The molecule has 0 heterocycles. The molecule has 1 aromatic carbocycles. The molecule has 4 heteroatoms. The third-order valence-corrected chi connectivity index (χ3v) is 3.36. The quantitative estimate of drug-likeness (QED) is 0.871. The fourth-order valence-corrected chi connectivity index (χ4v) is 1.97. The number of rotatable bonds is 5. The number of nitrogens with one attached hydrogen (secondary N) is 2. The van der Waals surface area contributed by atoms with Crippen molar-refractivity contribution in [1.29, 1.82) is 0 Å². The van der Waals surface area contributed by atoms with Gasteiger partial charge in [-0.2, -0.15) is 0 Å². The number of carbonyl (C=O) groups excluding carboxylic acids is 2. The first-order chi connectivity index (χ1) is 10.5. The van der Waals surface area contributed by atoms with Crippen LogP contribution in [0.3, 0.4) is 0 Å². The van der Waals surface area contributed by atoms with E-state index in [9.17, 15) is 9.59 Å². The number of amides is 2. The molecule has 4 nitrogen and oxygen atoms in total. The highest BCUT2D eigenvalue weighted by atomic mass is 16.2. The van der Waals surface area contributed by atoms with Gasteiger partial charge in [0.15, 0.2) is 0 Å². The summed E-state index contributed by atoms with van der Waals surface area (Å²) in [5.74, 6) is -0.405. The van der Waals surface area contributed by atoms with E-state index in [1.165, 1.54) is 0 Å². The maximum Gasteiger partial charge on any atom is 0.252 e. The van der Waals surface area contributed by atoms with E-state index in [0.29, 0.717) is 24.2 Å². The molecule has 0 radical (unpaired) electrons. The molecule has 0 aliphatic rings. The number of hydrogen-bond acceptors (Lipinski definition) is 2. The Bertz CT molecular complexity index is 551. The minimum Gasteiger partial charge on any atom is -0.352 e. The SMILES string of the molecule is CC(C)(C)CCNC(=O)c1ccccc1C(=O)NCC(C)(C)C. The lowest BCUT2D eigenvalue weighted by Crippen LogP contribution is -2.34. The first-order valence-electron chi connectivity index (χ1n) is 8.15. The van der Waals surface area contributed by atoms with Gasteiger partial charge >= 0.3 is 0 Å². The van der Waals surface area contributed by atoms with Crippen molar-refractivity contribution < 1.29 is 9.59 Å². The Hall–Kier alpha value is -1.84. The largest absolute Gasteiger partial charge is 0.352 e. The number of carbonyl (C=O) groups is 2. The summed E-state index contributed by atoms with van der Waals surface area (Å²) in [6.45, 7) is 13.7. The molecular formula is C19H30N2O2. The van der Waals surface area contributed by atoms with Crippen LogP contribution in [-0.2, 0) is 0 Å². The maximum absolute atomic E-state index is 12.4. The Morgan fingerprint density at radius 1 is 0.826 bits per heavy atom. The average Bonchev–Trinajstić information content (AvgIpc) is 2.42. The van der Waals surface area contributed by atoms with Crippen LogP contribution in [0.15, 0.2) is 24.3 Å². The van der Waals surface area contributed by atoms with E-state index in [2.05, 4.69) is 52.2 Å². The van der Waals surface area contributed by atoms with Crippen molar-refractivity contribution in [3.63, 3.8) is 0 Å². The van der Waals surface area contributed by atoms with Gasteiger partial charge in [-0.15, -0.1) is 0 Å². The van der Waals surface area contributed by atoms with Crippen LogP contribution in [0.4, 0.5) is 0 Å². The molecule has 0 saturated heterocycles. The molecule has 0 spiro atoms. The maximum atomic E-state index is 12.4. The molecule has 1 rings (SSSR count). The molecule has 1 aromatic rings. The van der Waals surface area contributed by atoms with Crippen LogP contribution in [0.2, 0.25) is 0 Å². The predicted molar refractivity (Wildman–Crippen MR) is 94.6 cm³/mol. The third-order valence-electron chi connectivity index (χ3n) is 3.36. The molecule has 0 aromatic heterocycles. The monoisotopic (exact) mass is 318 g/mol. The summed E-state index contributed by atoms with van der Waals surface area (Å²) in [5.41, 5.74) is 1.01. The lowest BCUT2D eigenvalue weighted by Gasteiger charge is -2.20. The van der Waals surface area contributed by atoms with Gasteiger partial charge in [-0.1, -0.05) is 53.7 Å². The van der Waals surface area contributed by atoms with Gasteiger partial charge < -0.3 is 10.6 Å². The zero-order valence-corrected chi connectivity index (χ0v) is 15.2. The minimum absolute atomic E-state index is 0.000425. The van der Waals surface area contributed by atoms with Crippen molar-refractivity contribution in [1.82, 2.24) is 10.6 Å². The molecule has 0 bridgehead atoms. The molecule has 2 amide bonds. The van der Waals surface area contributed by atoms with E-state index in [0.717, 1.165) is 6.42 Å². The van der Waals surface area contributed by atoms with Crippen LogP contribution >= 0.6 is 0 Å². The van der Waals surface area contributed by atoms with E-state index in [1.54, 1.807) is 24.3 Å². The van der Waals surface area contributed by atoms with E-state index < -0.39 is 0 Å². The van der Waals surface area contributed by atoms with Crippen LogP contribution in [-0.4, -0.2) is 24.9 Å². The Kier molecular flexibility index (Phi) is 6.37. The van der Waals surface area contributed by atoms with Crippen molar-refractivity contribution in [2.24, 2.45) is 10.8 Å². The third kappa shape index (κ3) is 7.31. The van der Waals surface area contributed by atoms with Crippen LogP contribution in [0.1, 0.15) is 68.7 Å². The Labute approximate surface area is 140 Å². The number of benzene rings is 1. The molecule has 128 valence electrons. The second kappa shape index (κ2) is 7.62. The minimum atomic E-state index is -0.207. The molecule has 23 heavy (non-hydrogen) atoms. The Morgan fingerprint density at radius 2 is 1.30 bits per heavy atom. The van der Waals surface area contributed by atoms with Crippen LogP contribution < -0.4 is 10.6 Å². The van der Waals surface area contributed by atoms with Crippen molar-refractivity contribution >= 4 is 11.8 Å². The van der Waals surface area contributed by atoms with Crippen LogP contribution in [0.25, 0.3) is 0 Å². The highest BCUT2D eigenvalue weighted by Crippen LogP contribution is 2.17. The normalized spacial score (nSPS) is 11.9. The summed E-state index contributed by atoms with van der Waals surface area (Å²) in [7, 11) is 0. The van der Waals surface area contributed by atoms with Crippen molar-refractivity contribution in [3.05, 3.63) is 35.4 Å². The van der Waals surface area contributed by atoms with Crippen LogP contribution in [0, 0.1) is 10.8 Å². The lowest BCUT2D eigenvalue weighted by atomic mass is 9.92. The second-order valence-electron chi connectivity index (χ2n) is 8.36. The summed E-state index contributed by atoms with van der Waals surface area (Å²) in [6.07, 6.45) is 0.886. The van der Waals surface area contributed by atoms with Gasteiger partial charge in [-0.05, 0) is 29.4 Å². The second-order valence-corrected chi connectivity index (χ2v) is 8.36. The molecule has 0 fully saturated rings. The average molecular weight is 318 g/mol. The van der Waals surface area contributed by atoms with Crippen molar-refractivity contribution in [2.45, 2.75) is 48.0 Å². The molecule has 0 saturated carbocycles. The van der Waals surface area contributed by atoms with E-state index in [-0.39, 0.29) is 22.6 Å². The fourth-order valence-electron chi connectivity index (χ4n) is 1.97. The predicted octanol–water partition coefficient (Wildman–Crippen LogP) is 3.63. The van der Waals surface area contributed by atoms with E-state index >= 15 is 0 Å². The van der Waals surface area contributed by atoms with Gasteiger partial charge in [0.2, 0.25) is 0 Å². The smallest absolute Gasteiger partial charge is 0.252 e. The summed E-state index contributed by atoms with van der Waals surface area (Å²) in [5, 5.41) is 5.80. The van der Waals surface area contributed by atoms with Gasteiger partial charge in [-0.3, -0.25) is 9.59 Å². The van der Waals surface area contributed by atoms with E-state index in [1.807, 2.05) is 0 Å². The van der Waals surface area contributed by atoms with Gasteiger partial charge in [0.25, 0.3) is 11.8 Å². The molecule has 2 N–H and O–H groups in total. The topological polar surface area (TPSA) is 58.2 Å². The summed E-state index contributed by atoms with van der Waals surface area (Å²) < 4.78 is 0.